The molecule has 1 aliphatic rings. The molecule has 0 bridgehead atoms. The monoisotopic (exact) mass is 243 g/mol. The largest absolute Gasteiger partial charge is 0.253 e. The van der Waals surface area contributed by atoms with Crippen molar-refractivity contribution in [2.24, 2.45) is 0 Å². The number of thiol groups is 1. The molecule has 0 fully saturated rings. The summed E-state index contributed by atoms with van der Waals surface area (Å²) in [5, 5.41) is 1.32. The van der Waals surface area contributed by atoms with Crippen LogP contribution in [0.3, 0.4) is 0 Å². The molecule has 1 nitrogen and oxygen atoms in total. The Morgan fingerprint density at radius 1 is 1.29 bits per heavy atom. The van der Waals surface area contributed by atoms with Crippen LogP contribution in [0.1, 0.15) is 35.7 Å². The molecule has 2 heteroatoms. The van der Waals surface area contributed by atoms with Gasteiger partial charge in [-0.05, 0) is 54.5 Å². The fraction of sp³-hybridized carbons (Fsp3) is 0.400. The summed E-state index contributed by atoms with van der Waals surface area (Å²) in [4.78, 5) is 4.81. The first-order valence-corrected chi connectivity index (χ1v) is 7.01. The van der Waals surface area contributed by atoms with Gasteiger partial charge in [-0.15, -0.1) is 0 Å². The first kappa shape index (κ1) is 11.1. The lowest BCUT2D eigenvalue weighted by molar-refractivity contribution is 0.900. The molecule has 2 aromatic rings. The average molecular weight is 243 g/mol. The van der Waals surface area contributed by atoms with Gasteiger partial charge in [-0.2, -0.15) is 12.6 Å². The number of pyridine rings is 1. The summed E-state index contributed by atoms with van der Waals surface area (Å²) in [5.41, 5.74) is 6.74. The molecule has 0 N–H and O–H groups in total. The van der Waals surface area contributed by atoms with E-state index in [1.807, 2.05) is 0 Å². The van der Waals surface area contributed by atoms with Gasteiger partial charge in [0.2, 0.25) is 0 Å². The summed E-state index contributed by atoms with van der Waals surface area (Å²) in [6, 6.07) is 6.66. The number of hydrogen-bond donors (Lipinski definition) is 1. The summed E-state index contributed by atoms with van der Waals surface area (Å²) in [6.45, 7) is 2.20. The van der Waals surface area contributed by atoms with Crippen molar-refractivity contribution in [2.75, 3.05) is 0 Å². The van der Waals surface area contributed by atoms with Gasteiger partial charge in [0.25, 0.3) is 0 Å². The van der Waals surface area contributed by atoms with Crippen LogP contribution in [0.25, 0.3) is 10.9 Å². The lowest BCUT2D eigenvalue weighted by atomic mass is 10.0. The molecule has 0 saturated carbocycles. The van der Waals surface area contributed by atoms with Gasteiger partial charge in [0.05, 0.1) is 5.52 Å². The van der Waals surface area contributed by atoms with Crippen molar-refractivity contribution in [3.63, 3.8) is 0 Å². The van der Waals surface area contributed by atoms with Crippen LogP contribution in [-0.2, 0) is 25.0 Å². The van der Waals surface area contributed by atoms with Crippen LogP contribution in [0, 0.1) is 0 Å². The number of aromatic nitrogens is 1. The van der Waals surface area contributed by atoms with E-state index >= 15 is 0 Å². The normalized spacial score (nSPS) is 14.2. The first-order valence-electron chi connectivity index (χ1n) is 6.37. The van der Waals surface area contributed by atoms with Gasteiger partial charge in [-0.25, -0.2) is 0 Å². The van der Waals surface area contributed by atoms with Crippen molar-refractivity contribution in [1.82, 2.24) is 4.98 Å². The standard InChI is InChI=1S/C15H17NS/c1-2-10-6-7-15-12(8-10)13(9-17)11-4-3-5-14(11)16-15/h6-8,17H,2-5,9H2,1H3. The van der Waals surface area contributed by atoms with Crippen LogP contribution in [0.15, 0.2) is 18.2 Å². The Morgan fingerprint density at radius 3 is 2.94 bits per heavy atom. The van der Waals surface area contributed by atoms with Gasteiger partial charge >= 0.3 is 0 Å². The van der Waals surface area contributed by atoms with Crippen LogP contribution in [-0.4, -0.2) is 4.98 Å². The van der Waals surface area contributed by atoms with E-state index in [2.05, 4.69) is 37.8 Å². The smallest absolute Gasteiger partial charge is 0.0708 e. The fourth-order valence-corrected chi connectivity index (χ4v) is 3.17. The molecule has 3 rings (SSSR count). The lowest BCUT2D eigenvalue weighted by Gasteiger charge is -2.11. The van der Waals surface area contributed by atoms with Crippen molar-refractivity contribution in [2.45, 2.75) is 38.4 Å². The highest BCUT2D eigenvalue weighted by atomic mass is 32.1. The molecule has 1 aliphatic carbocycles. The minimum Gasteiger partial charge on any atom is -0.253 e. The Hall–Kier alpha value is -1.02. The zero-order chi connectivity index (χ0) is 11.8. The second-order valence-corrected chi connectivity index (χ2v) is 5.05. The maximum Gasteiger partial charge on any atom is 0.0708 e. The van der Waals surface area contributed by atoms with Crippen molar-refractivity contribution >= 4 is 23.5 Å². The zero-order valence-corrected chi connectivity index (χ0v) is 11.1. The summed E-state index contributed by atoms with van der Waals surface area (Å²) in [6.07, 6.45) is 4.66. The third kappa shape index (κ3) is 1.75. The SMILES string of the molecule is CCc1ccc2nc3c(c(CS)c2c1)CCC3. The summed E-state index contributed by atoms with van der Waals surface area (Å²) in [5.74, 6) is 0.828. The van der Waals surface area contributed by atoms with Gasteiger partial charge in [0.1, 0.15) is 0 Å². The summed E-state index contributed by atoms with van der Waals surface area (Å²) < 4.78 is 0. The van der Waals surface area contributed by atoms with Crippen LogP contribution >= 0.6 is 12.6 Å². The maximum atomic E-state index is 4.81. The molecule has 17 heavy (non-hydrogen) atoms. The van der Waals surface area contributed by atoms with Crippen molar-refractivity contribution < 1.29 is 0 Å². The van der Waals surface area contributed by atoms with E-state index in [4.69, 9.17) is 4.98 Å². The molecule has 1 heterocycles. The van der Waals surface area contributed by atoms with Crippen LogP contribution < -0.4 is 0 Å². The highest BCUT2D eigenvalue weighted by molar-refractivity contribution is 7.79. The Bertz CT molecular complexity index is 575. The van der Waals surface area contributed by atoms with Crippen molar-refractivity contribution in [3.05, 3.63) is 40.6 Å². The van der Waals surface area contributed by atoms with Crippen molar-refractivity contribution in [1.29, 1.82) is 0 Å². The van der Waals surface area contributed by atoms with E-state index in [-0.39, 0.29) is 0 Å². The molecule has 0 unspecified atom stereocenters. The summed E-state index contributed by atoms with van der Waals surface area (Å²) in [7, 11) is 0. The van der Waals surface area contributed by atoms with Crippen LogP contribution in [0.4, 0.5) is 0 Å². The van der Waals surface area contributed by atoms with Crippen molar-refractivity contribution in [3.8, 4) is 0 Å². The van der Waals surface area contributed by atoms with E-state index < -0.39 is 0 Å². The zero-order valence-electron chi connectivity index (χ0n) is 10.2. The Kier molecular flexibility index (Phi) is 2.83. The molecule has 0 saturated heterocycles. The third-order valence-electron chi connectivity index (χ3n) is 3.76. The van der Waals surface area contributed by atoms with Gasteiger partial charge < -0.3 is 0 Å². The molecule has 0 spiro atoms. The van der Waals surface area contributed by atoms with Gasteiger partial charge in [0.15, 0.2) is 0 Å². The van der Waals surface area contributed by atoms with E-state index in [0.29, 0.717) is 0 Å². The molecular weight excluding hydrogens is 226 g/mol. The van der Waals surface area contributed by atoms with E-state index in [1.165, 1.54) is 40.6 Å². The predicted molar refractivity (Wildman–Crippen MR) is 75.8 cm³/mol. The second-order valence-electron chi connectivity index (χ2n) is 4.73. The summed E-state index contributed by atoms with van der Waals surface area (Å²) >= 11 is 4.52. The number of aryl methyl sites for hydroxylation is 2. The Balaban J connectivity index is 2.33. The maximum absolute atomic E-state index is 4.81. The molecule has 1 aromatic carbocycles. The Labute approximate surface area is 108 Å². The topological polar surface area (TPSA) is 12.9 Å². The minimum absolute atomic E-state index is 0.828. The number of benzene rings is 1. The van der Waals surface area contributed by atoms with E-state index in [9.17, 15) is 0 Å². The average Bonchev–Trinajstić information content (AvgIpc) is 2.82. The minimum atomic E-state index is 0.828. The van der Waals surface area contributed by atoms with E-state index in [1.54, 1.807) is 0 Å². The Morgan fingerprint density at radius 2 is 2.18 bits per heavy atom. The number of fused-ring (bicyclic) bond motifs is 2. The van der Waals surface area contributed by atoms with Crippen LogP contribution in [0.5, 0.6) is 0 Å². The highest BCUT2D eigenvalue weighted by Gasteiger charge is 2.18. The van der Waals surface area contributed by atoms with E-state index in [0.717, 1.165) is 24.1 Å². The fourth-order valence-electron chi connectivity index (χ4n) is 2.81. The number of hydrogen-bond acceptors (Lipinski definition) is 2. The third-order valence-corrected chi connectivity index (χ3v) is 4.08. The molecule has 0 radical (unpaired) electrons. The van der Waals surface area contributed by atoms with Gasteiger partial charge in [-0.1, -0.05) is 13.0 Å². The molecule has 0 amide bonds. The van der Waals surface area contributed by atoms with Gasteiger partial charge in [-0.3, -0.25) is 4.98 Å². The number of rotatable bonds is 2. The highest BCUT2D eigenvalue weighted by Crippen LogP contribution is 2.31. The first-order chi connectivity index (χ1) is 8.33. The molecular formula is C15H17NS. The lowest BCUT2D eigenvalue weighted by Crippen LogP contribution is -1.97. The van der Waals surface area contributed by atoms with Crippen LogP contribution in [0.2, 0.25) is 0 Å². The van der Waals surface area contributed by atoms with Gasteiger partial charge in [0, 0.05) is 16.8 Å². The molecule has 0 aliphatic heterocycles. The quantitative estimate of drug-likeness (QED) is 0.793. The number of nitrogens with zero attached hydrogens (tertiary/aromatic N) is 1. The molecule has 0 atom stereocenters. The molecule has 1 aromatic heterocycles. The predicted octanol–water partition coefficient (Wildman–Crippen LogP) is 3.72. The second kappa shape index (κ2) is 4.34. The molecule has 88 valence electrons.